The highest BCUT2D eigenvalue weighted by Crippen LogP contribution is 2.41. The van der Waals surface area contributed by atoms with Gasteiger partial charge in [-0.1, -0.05) is 87.1 Å². The number of nitrogens with zero attached hydrogens (tertiary/aromatic N) is 2. The molecule has 80 heavy (non-hydrogen) atoms. The maximum Gasteiger partial charge on any atom is 0.252 e. The number of likely N-dealkylation sites (tertiary alicyclic amines) is 2. The molecule has 4 amide bonds. The number of aliphatic hydroxyl groups is 2. The molecule has 2 aliphatic carbocycles. The Kier molecular flexibility index (Phi) is 22.5. The molecule has 2 heterocycles. The lowest BCUT2D eigenvalue weighted by Gasteiger charge is -2.47. The topological polar surface area (TPSA) is 204 Å². The fourth-order valence-corrected chi connectivity index (χ4v) is 14.2. The van der Waals surface area contributed by atoms with Crippen LogP contribution in [0, 0.1) is 37.5 Å². The average molecular weight is 1140 g/mol. The molecular formula is C64H90N6O8S2. The molecule has 10 atom stereocenters. The molecule has 4 aromatic rings. The molecule has 0 radical (unpaired) electrons. The lowest BCUT2D eigenvalue weighted by atomic mass is 9.72. The summed E-state index contributed by atoms with van der Waals surface area (Å²) < 4.78 is 0. The Bertz CT molecular complexity index is 2490. The van der Waals surface area contributed by atoms with Gasteiger partial charge in [-0.25, -0.2) is 0 Å². The number of hydrogen-bond donors (Lipinski definition) is 8. The molecule has 0 spiro atoms. The van der Waals surface area contributed by atoms with Crippen LogP contribution in [0.15, 0.2) is 107 Å². The first-order valence-corrected chi connectivity index (χ1v) is 31.0. The number of benzene rings is 4. The Balaban J connectivity index is 0.000000231. The van der Waals surface area contributed by atoms with Gasteiger partial charge >= 0.3 is 0 Å². The summed E-state index contributed by atoms with van der Waals surface area (Å²) in [5.74, 6) is 2.54. The second-order valence-corrected chi connectivity index (χ2v) is 27.1. The molecule has 16 heteroatoms. The van der Waals surface area contributed by atoms with Crippen LogP contribution in [0.5, 0.6) is 11.5 Å². The monoisotopic (exact) mass is 1130 g/mol. The number of aliphatic hydroxyl groups excluding tert-OH is 2. The van der Waals surface area contributed by atoms with Crippen LogP contribution in [0.25, 0.3) is 0 Å². The molecule has 4 aliphatic rings. The number of β-amino-alcohol motifs (C(OH)–C–C–N with tert-alkyl or cyclic N) is 2. The number of phenolic OH excluding ortho intramolecular Hbond substituents is 2. The van der Waals surface area contributed by atoms with Gasteiger partial charge in [0.1, 0.15) is 11.5 Å². The minimum Gasteiger partial charge on any atom is -0.508 e. The second-order valence-electron chi connectivity index (χ2n) is 24.9. The number of piperidine rings is 2. The predicted molar refractivity (Wildman–Crippen MR) is 321 cm³/mol. The number of aromatic hydroxyl groups is 2. The standard InChI is InChI=1S/2C32H45N3O4S/c2*1-21-25(15-10-16-28(21)36)30(38)33-26(20-40-24-13-6-5-7-14-24)29(37)19-35-18-23-12-9-8-11-22(23)17-27(35)31(39)34-32(2,3)4/h2*5-7,10,13-16,22-23,26-27,29,36-37H,8-9,11-12,17-20H2,1-4H3,(H,33,38)(H,34,39)/t2*22-,23+,26-,27-,29+/m00/s1. The molecule has 2 aliphatic heterocycles. The van der Waals surface area contributed by atoms with E-state index >= 15 is 0 Å². The highest BCUT2D eigenvalue weighted by Gasteiger charge is 2.44. The fraction of sp³-hybridized carbons (Fsp3) is 0.562. The van der Waals surface area contributed by atoms with Crippen LogP contribution >= 0.6 is 23.5 Å². The van der Waals surface area contributed by atoms with Gasteiger partial charge in [0.15, 0.2) is 0 Å². The molecule has 0 unspecified atom stereocenters. The fourth-order valence-electron chi connectivity index (χ4n) is 12.1. The van der Waals surface area contributed by atoms with Crippen molar-refractivity contribution in [1.29, 1.82) is 0 Å². The van der Waals surface area contributed by atoms with Crippen molar-refractivity contribution in [2.75, 3.05) is 37.7 Å². The molecule has 4 aromatic carbocycles. The zero-order valence-electron chi connectivity index (χ0n) is 48.5. The summed E-state index contributed by atoms with van der Waals surface area (Å²) in [4.78, 5) is 60.0. The van der Waals surface area contributed by atoms with Crippen LogP contribution in [0.3, 0.4) is 0 Å². The van der Waals surface area contributed by atoms with Crippen molar-refractivity contribution in [3.05, 3.63) is 119 Å². The SMILES string of the molecule is Cc1c(O)cccc1C(=O)N[C@@H](CSc1ccccc1)[C@H](O)CN1C[C@H]2CCCC[C@H]2C[C@H]1C(=O)NC(C)(C)C.Cc1c(O)cccc1C(=O)N[C@@H](CSc1ccccc1)[C@H](O)CN1C[C@H]2CCCC[C@H]2C[C@H]1C(=O)NC(C)(C)C. The van der Waals surface area contributed by atoms with E-state index in [1.165, 1.54) is 25.7 Å². The number of carbonyl (C=O) groups is 4. The van der Waals surface area contributed by atoms with Crippen molar-refractivity contribution < 1.29 is 39.6 Å². The summed E-state index contributed by atoms with van der Waals surface area (Å²) in [6.45, 7) is 17.5. The van der Waals surface area contributed by atoms with Crippen LogP contribution in [0.1, 0.15) is 138 Å². The van der Waals surface area contributed by atoms with E-state index in [9.17, 15) is 39.6 Å². The molecular weight excluding hydrogens is 1040 g/mol. The Morgan fingerprint density at radius 2 is 0.875 bits per heavy atom. The van der Waals surface area contributed by atoms with E-state index in [4.69, 9.17) is 0 Å². The van der Waals surface area contributed by atoms with Gasteiger partial charge in [0.2, 0.25) is 11.8 Å². The highest BCUT2D eigenvalue weighted by atomic mass is 32.2. The van der Waals surface area contributed by atoms with E-state index in [1.54, 1.807) is 73.8 Å². The van der Waals surface area contributed by atoms with Crippen molar-refractivity contribution >= 4 is 47.2 Å². The third-order valence-electron chi connectivity index (χ3n) is 16.5. The van der Waals surface area contributed by atoms with Crippen LogP contribution in [-0.2, 0) is 9.59 Å². The Hall–Kier alpha value is -5.10. The zero-order chi connectivity index (χ0) is 57.7. The van der Waals surface area contributed by atoms with Crippen molar-refractivity contribution in [3.8, 4) is 11.5 Å². The maximum atomic E-state index is 13.5. The van der Waals surface area contributed by atoms with Crippen molar-refractivity contribution in [2.45, 2.75) is 177 Å². The Morgan fingerprint density at radius 1 is 0.525 bits per heavy atom. The summed E-state index contributed by atoms with van der Waals surface area (Å²) in [7, 11) is 0. The van der Waals surface area contributed by atoms with E-state index in [0.29, 0.717) is 70.5 Å². The predicted octanol–water partition coefficient (Wildman–Crippen LogP) is 9.50. The lowest BCUT2D eigenvalue weighted by Crippen LogP contribution is -2.60. The number of nitrogens with one attached hydrogen (secondary N) is 4. The van der Waals surface area contributed by atoms with Gasteiger partial charge in [-0.05, 0) is 153 Å². The van der Waals surface area contributed by atoms with Crippen molar-refractivity contribution in [3.63, 3.8) is 0 Å². The highest BCUT2D eigenvalue weighted by molar-refractivity contribution is 7.99. The van der Waals surface area contributed by atoms with E-state index in [2.05, 4.69) is 31.1 Å². The summed E-state index contributed by atoms with van der Waals surface area (Å²) in [5, 5.41) is 56.0. The van der Waals surface area contributed by atoms with Gasteiger partial charge in [-0.3, -0.25) is 29.0 Å². The van der Waals surface area contributed by atoms with Crippen LogP contribution < -0.4 is 21.3 Å². The number of phenols is 2. The van der Waals surface area contributed by atoms with Gasteiger partial charge in [-0.15, -0.1) is 23.5 Å². The van der Waals surface area contributed by atoms with Crippen molar-refractivity contribution in [2.24, 2.45) is 23.7 Å². The molecule has 2 saturated carbocycles. The van der Waals surface area contributed by atoms with Gasteiger partial charge in [0, 0.05) is 80.8 Å². The first kappa shape index (κ1) is 62.5. The molecule has 0 bridgehead atoms. The number of hydrogen-bond acceptors (Lipinski definition) is 12. The summed E-state index contributed by atoms with van der Waals surface area (Å²) >= 11 is 3.15. The summed E-state index contributed by atoms with van der Waals surface area (Å²) in [6, 6.07) is 27.9. The number of amides is 4. The van der Waals surface area contributed by atoms with Crippen LogP contribution in [0.2, 0.25) is 0 Å². The Labute approximate surface area is 484 Å². The first-order chi connectivity index (χ1) is 38.0. The molecule has 2 saturated heterocycles. The number of fused-ring (bicyclic) bond motifs is 2. The molecule has 14 nitrogen and oxygen atoms in total. The van der Waals surface area contributed by atoms with Crippen LogP contribution in [0.4, 0.5) is 0 Å². The van der Waals surface area contributed by atoms with Crippen molar-refractivity contribution in [1.82, 2.24) is 31.1 Å². The molecule has 4 fully saturated rings. The first-order valence-electron chi connectivity index (χ1n) is 29.1. The zero-order valence-corrected chi connectivity index (χ0v) is 50.1. The largest absolute Gasteiger partial charge is 0.508 e. The quantitative estimate of drug-likeness (QED) is 0.0439. The average Bonchev–Trinajstić information content (AvgIpc) is 3.45. The van der Waals surface area contributed by atoms with E-state index in [1.807, 2.05) is 102 Å². The normalized spacial score (nSPS) is 23.1. The third kappa shape index (κ3) is 17.9. The molecule has 0 aromatic heterocycles. The third-order valence-corrected chi connectivity index (χ3v) is 18.7. The minimum absolute atomic E-state index is 0.0124. The second kappa shape index (κ2) is 28.7. The van der Waals surface area contributed by atoms with Gasteiger partial charge in [0.05, 0.1) is 36.4 Å². The maximum absolute atomic E-state index is 13.5. The number of rotatable bonds is 18. The molecule has 8 rings (SSSR count). The van der Waals surface area contributed by atoms with Gasteiger partial charge in [-0.2, -0.15) is 0 Å². The smallest absolute Gasteiger partial charge is 0.252 e. The number of carbonyl (C=O) groups excluding carboxylic acids is 4. The van der Waals surface area contributed by atoms with E-state index in [0.717, 1.165) is 61.4 Å². The lowest BCUT2D eigenvalue weighted by molar-refractivity contribution is -0.133. The van der Waals surface area contributed by atoms with Gasteiger partial charge in [0.25, 0.3) is 11.8 Å². The summed E-state index contributed by atoms with van der Waals surface area (Å²) in [5.41, 5.74) is 1.09. The van der Waals surface area contributed by atoms with Crippen LogP contribution in [-0.4, -0.2) is 139 Å². The number of thioether (sulfide) groups is 2. The molecule has 8 N–H and O–H groups in total. The van der Waals surface area contributed by atoms with Gasteiger partial charge < -0.3 is 41.7 Å². The molecule has 436 valence electrons. The van der Waals surface area contributed by atoms with E-state index in [-0.39, 0.29) is 58.3 Å². The minimum atomic E-state index is -0.886. The summed E-state index contributed by atoms with van der Waals surface area (Å²) in [6.07, 6.45) is 9.34. The van der Waals surface area contributed by atoms with E-state index < -0.39 is 24.3 Å². The Morgan fingerprint density at radius 3 is 1.23 bits per heavy atom.